The Kier molecular flexibility index (Phi) is 4.35. The maximum Gasteiger partial charge on any atom is 0.311 e. The van der Waals surface area contributed by atoms with E-state index < -0.39 is 0 Å². The lowest BCUT2D eigenvalue weighted by Crippen LogP contribution is -2.09. The first-order valence-electron chi connectivity index (χ1n) is 4.09. The summed E-state index contributed by atoms with van der Waals surface area (Å²) in [4.78, 5) is 15.1. The highest BCUT2D eigenvalue weighted by molar-refractivity contribution is 9.10. The summed E-state index contributed by atoms with van der Waals surface area (Å²) in [7, 11) is 0. The largest absolute Gasteiger partial charge is 0.466 e. The second-order valence-corrected chi connectivity index (χ2v) is 3.89. The Morgan fingerprint density at radius 2 is 2.43 bits per heavy atom. The summed E-state index contributed by atoms with van der Waals surface area (Å²) >= 11 is 9.10. The topological polar surface area (TPSA) is 39.2 Å². The summed E-state index contributed by atoms with van der Waals surface area (Å²) < 4.78 is 5.57. The van der Waals surface area contributed by atoms with Gasteiger partial charge in [0.1, 0.15) is 0 Å². The molecule has 0 aliphatic heterocycles. The lowest BCUT2D eigenvalue weighted by atomic mass is 10.3. The fourth-order valence-corrected chi connectivity index (χ4v) is 1.62. The van der Waals surface area contributed by atoms with Gasteiger partial charge in [-0.05, 0) is 28.9 Å². The van der Waals surface area contributed by atoms with Crippen LogP contribution in [-0.2, 0) is 16.0 Å². The number of hydrogen-bond donors (Lipinski definition) is 0. The quantitative estimate of drug-likeness (QED) is 0.798. The van der Waals surface area contributed by atoms with Gasteiger partial charge in [-0.25, -0.2) is 0 Å². The number of carbonyl (C=O) groups excluding carboxylic acids is 1. The maximum absolute atomic E-state index is 11.1. The van der Waals surface area contributed by atoms with E-state index in [1.54, 1.807) is 19.2 Å². The molecule has 0 bridgehead atoms. The number of halogens is 2. The van der Waals surface area contributed by atoms with Crippen molar-refractivity contribution < 1.29 is 9.53 Å². The molecule has 0 atom stereocenters. The van der Waals surface area contributed by atoms with Crippen molar-refractivity contribution in [3.8, 4) is 0 Å². The number of ether oxygens (including phenoxy) is 1. The van der Waals surface area contributed by atoms with Gasteiger partial charge in [0.25, 0.3) is 0 Å². The average Bonchev–Trinajstić information content (AvgIpc) is 2.10. The minimum Gasteiger partial charge on any atom is -0.466 e. The zero-order valence-electron chi connectivity index (χ0n) is 7.59. The minimum atomic E-state index is -0.316. The van der Waals surface area contributed by atoms with E-state index in [9.17, 15) is 4.79 Å². The predicted octanol–water partition coefficient (Wildman–Crippen LogP) is 2.60. The Morgan fingerprint density at radius 3 is 3.00 bits per heavy atom. The fourth-order valence-electron chi connectivity index (χ4n) is 0.922. The molecule has 0 fully saturated rings. The fraction of sp³-hybridized carbons (Fsp3) is 0.333. The Bertz CT molecular complexity index is 344. The molecule has 0 spiro atoms. The molecule has 0 radical (unpaired) electrons. The van der Waals surface area contributed by atoms with Crippen LogP contribution in [0.25, 0.3) is 0 Å². The van der Waals surface area contributed by atoms with Crippen LogP contribution in [0.5, 0.6) is 0 Å². The second-order valence-electron chi connectivity index (χ2n) is 2.56. The number of esters is 1. The van der Waals surface area contributed by atoms with Gasteiger partial charge in [-0.15, -0.1) is 0 Å². The van der Waals surface area contributed by atoms with Gasteiger partial charge in [-0.2, -0.15) is 0 Å². The first-order chi connectivity index (χ1) is 6.63. The SMILES string of the molecule is CCOC(=O)Cc1ncc(Br)cc1Cl. The third-order valence-electron chi connectivity index (χ3n) is 1.50. The van der Waals surface area contributed by atoms with Crippen molar-refractivity contribution in [1.29, 1.82) is 0 Å². The van der Waals surface area contributed by atoms with Gasteiger partial charge < -0.3 is 4.74 Å². The first kappa shape index (κ1) is 11.5. The molecule has 5 heteroatoms. The van der Waals surface area contributed by atoms with E-state index >= 15 is 0 Å². The van der Waals surface area contributed by atoms with Crippen LogP contribution >= 0.6 is 27.5 Å². The minimum absolute atomic E-state index is 0.111. The highest BCUT2D eigenvalue weighted by Gasteiger charge is 2.09. The molecule has 0 aliphatic carbocycles. The number of nitrogens with zero attached hydrogens (tertiary/aromatic N) is 1. The lowest BCUT2D eigenvalue weighted by Gasteiger charge is -2.03. The van der Waals surface area contributed by atoms with E-state index in [0.717, 1.165) is 4.47 Å². The highest BCUT2D eigenvalue weighted by atomic mass is 79.9. The standard InChI is InChI=1S/C9H9BrClNO2/c1-2-14-9(13)4-8-7(11)3-6(10)5-12-8/h3,5H,2,4H2,1H3. The molecule has 0 saturated heterocycles. The van der Waals surface area contributed by atoms with Crippen LogP contribution in [0.15, 0.2) is 16.7 Å². The Balaban J connectivity index is 2.72. The Hall–Kier alpha value is -0.610. The molecule has 0 aliphatic rings. The summed E-state index contributed by atoms with van der Waals surface area (Å²) in [6, 6.07) is 1.70. The molecule has 0 aromatic carbocycles. The molecule has 1 aromatic rings. The van der Waals surface area contributed by atoms with Crippen LogP contribution in [-0.4, -0.2) is 17.6 Å². The van der Waals surface area contributed by atoms with E-state index in [-0.39, 0.29) is 12.4 Å². The first-order valence-corrected chi connectivity index (χ1v) is 5.26. The molecule has 14 heavy (non-hydrogen) atoms. The Morgan fingerprint density at radius 1 is 1.71 bits per heavy atom. The summed E-state index contributed by atoms with van der Waals surface area (Å²) in [6.45, 7) is 2.13. The van der Waals surface area contributed by atoms with Crippen molar-refractivity contribution in [2.24, 2.45) is 0 Å². The van der Waals surface area contributed by atoms with Crippen LogP contribution in [0.3, 0.4) is 0 Å². The molecule has 0 saturated carbocycles. The number of hydrogen-bond acceptors (Lipinski definition) is 3. The Labute approximate surface area is 95.6 Å². The van der Waals surface area contributed by atoms with E-state index in [1.165, 1.54) is 0 Å². The van der Waals surface area contributed by atoms with Crippen molar-refractivity contribution in [3.63, 3.8) is 0 Å². The van der Waals surface area contributed by atoms with Gasteiger partial charge in [0, 0.05) is 10.7 Å². The van der Waals surface area contributed by atoms with Gasteiger partial charge >= 0.3 is 5.97 Å². The van der Waals surface area contributed by atoms with Crippen molar-refractivity contribution >= 4 is 33.5 Å². The van der Waals surface area contributed by atoms with Crippen molar-refractivity contribution in [2.45, 2.75) is 13.3 Å². The van der Waals surface area contributed by atoms with Gasteiger partial charge in [0.2, 0.25) is 0 Å². The molecule has 1 heterocycles. The van der Waals surface area contributed by atoms with Crippen LogP contribution in [0.4, 0.5) is 0 Å². The predicted molar refractivity (Wildman–Crippen MR) is 57.3 cm³/mol. The lowest BCUT2D eigenvalue weighted by molar-refractivity contribution is -0.142. The molecule has 0 unspecified atom stereocenters. The zero-order chi connectivity index (χ0) is 10.6. The van der Waals surface area contributed by atoms with Crippen molar-refractivity contribution in [3.05, 3.63) is 27.5 Å². The third kappa shape index (κ3) is 3.27. The number of aromatic nitrogens is 1. The molecular weight excluding hydrogens is 269 g/mol. The third-order valence-corrected chi connectivity index (χ3v) is 2.26. The van der Waals surface area contributed by atoms with Gasteiger partial charge in [0.05, 0.1) is 23.7 Å². The van der Waals surface area contributed by atoms with E-state index in [4.69, 9.17) is 16.3 Å². The molecule has 1 rings (SSSR count). The second kappa shape index (κ2) is 5.32. The van der Waals surface area contributed by atoms with Crippen LogP contribution in [0, 0.1) is 0 Å². The average molecular weight is 279 g/mol. The van der Waals surface area contributed by atoms with E-state index in [2.05, 4.69) is 20.9 Å². The summed E-state index contributed by atoms with van der Waals surface area (Å²) in [5, 5.41) is 0.465. The van der Waals surface area contributed by atoms with E-state index in [1.807, 2.05) is 0 Å². The van der Waals surface area contributed by atoms with Crippen molar-refractivity contribution in [2.75, 3.05) is 6.61 Å². The monoisotopic (exact) mass is 277 g/mol. The van der Waals surface area contributed by atoms with Gasteiger partial charge in [-0.1, -0.05) is 11.6 Å². The van der Waals surface area contributed by atoms with Crippen LogP contribution in [0.2, 0.25) is 5.02 Å². The molecule has 76 valence electrons. The number of carbonyl (C=O) groups is 1. The zero-order valence-corrected chi connectivity index (χ0v) is 9.93. The molecule has 0 amide bonds. The molecular formula is C9H9BrClNO2. The highest BCUT2D eigenvalue weighted by Crippen LogP contribution is 2.19. The maximum atomic E-state index is 11.1. The van der Waals surface area contributed by atoms with E-state index in [0.29, 0.717) is 17.3 Å². The summed E-state index contributed by atoms with van der Waals surface area (Å²) in [6.07, 6.45) is 1.71. The van der Waals surface area contributed by atoms with Gasteiger partial charge in [0.15, 0.2) is 0 Å². The summed E-state index contributed by atoms with van der Waals surface area (Å²) in [5.74, 6) is -0.316. The van der Waals surface area contributed by atoms with Crippen LogP contribution < -0.4 is 0 Å². The number of pyridine rings is 1. The van der Waals surface area contributed by atoms with Gasteiger partial charge in [-0.3, -0.25) is 9.78 Å². The normalized spacial score (nSPS) is 9.93. The molecule has 3 nitrogen and oxygen atoms in total. The van der Waals surface area contributed by atoms with Crippen LogP contribution in [0.1, 0.15) is 12.6 Å². The van der Waals surface area contributed by atoms with Crippen molar-refractivity contribution in [1.82, 2.24) is 4.98 Å². The summed E-state index contributed by atoms with van der Waals surface area (Å²) in [5.41, 5.74) is 0.535. The molecule has 1 aromatic heterocycles. The molecule has 0 N–H and O–H groups in total. The number of rotatable bonds is 3. The smallest absolute Gasteiger partial charge is 0.311 e.